The van der Waals surface area contributed by atoms with E-state index in [1.807, 2.05) is 33.8 Å². The van der Waals surface area contributed by atoms with E-state index in [-0.39, 0.29) is 5.41 Å². The number of aryl methyl sites for hydroxylation is 1. The van der Waals surface area contributed by atoms with Crippen molar-refractivity contribution in [1.82, 2.24) is 15.2 Å². The first kappa shape index (κ1) is 20.4. The second-order valence-corrected chi connectivity index (χ2v) is 8.79. The summed E-state index contributed by atoms with van der Waals surface area (Å²) < 4.78 is 43.8. The van der Waals surface area contributed by atoms with Crippen LogP contribution in [0.1, 0.15) is 44.7 Å². The first-order valence-electron chi connectivity index (χ1n) is 9.86. The minimum atomic E-state index is -4.29. The van der Waals surface area contributed by atoms with Crippen LogP contribution in [0.3, 0.4) is 0 Å². The van der Waals surface area contributed by atoms with Crippen LogP contribution in [0.15, 0.2) is 22.6 Å². The van der Waals surface area contributed by atoms with Crippen molar-refractivity contribution >= 4 is 22.6 Å². The zero-order chi connectivity index (χ0) is 21.7. The monoisotopic (exact) mass is 419 g/mol. The fourth-order valence-electron chi connectivity index (χ4n) is 3.26. The molecule has 4 rings (SSSR count). The van der Waals surface area contributed by atoms with Crippen molar-refractivity contribution in [2.24, 2.45) is 0 Å². The Hall–Kier alpha value is -2.84. The molecule has 0 unspecified atom stereocenters. The summed E-state index contributed by atoms with van der Waals surface area (Å²) in [6, 6.07) is 6.01. The maximum Gasteiger partial charge on any atom is 0.405 e. The number of fused-ring (bicyclic) bond motifs is 1. The molecule has 0 bridgehead atoms. The summed E-state index contributed by atoms with van der Waals surface area (Å²) >= 11 is 0. The lowest BCUT2D eigenvalue weighted by atomic mass is 9.84. The van der Waals surface area contributed by atoms with Crippen LogP contribution in [0.5, 0.6) is 0 Å². The summed E-state index contributed by atoms with van der Waals surface area (Å²) in [7, 11) is 0. The number of alkyl halides is 3. The highest BCUT2D eigenvalue weighted by Crippen LogP contribution is 2.36. The van der Waals surface area contributed by atoms with E-state index in [4.69, 9.17) is 9.40 Å². The van der Waals surface area contributed by atoms with E-state index in [0.29, 0.717) is 34.8 Å². The predicted molar refractivity (Wildman–Crippen MR) is 110 cm³/mol. The van der Waals surface area contributed by atoms with Gasteiger partial charge in [0.2, 0.25) is 0 Å². The van der Waals surface area contributed by atoms with Gasteiger partial charge in [-0.3, -0.25) is 0 Å². The van der Waals surface area contributed by atoms with Gasteiger partial charge < -0.3 is 15.1 Å². The normalized spacial score (nSPS) is 14.9. The molecule has 0 radical (unpaired) electrons. The molecule has 1 saturated carbocycles. The third kappa shape index (κ3) is 4.49. The maximum absolute atomic E-state index is 12.7. The predicted octanol–water partition coefficient (Wildman–Crippen LogP) is 5.44. The van der Waals surface area contributed by atoms with Crippen LogP contribution in [-0.2, 0) is 5.41 Å². The Kier molecular flexibility index (Phi) is 4.86. The van der Waals surface area contributed by atoms with Gasteiger partial charge in [0.05, 0.1) is 5.52 Å². The SMILES string of the molecule is Cc1cc(-c2nnc(NC3CC3)o2)nc2c(C(C)(C)C)cc(NCC(F)(F)F)cc12. The molecule has 2 N–H and O–H groups in total. The Morgan fingerprint density at radius 2 is 1.83 bits per heavy atom. The molecule has 2 heterocycles. The Morgan fingerprint density at radius 1 is 1.10 bits per heavy atom. The highest BCUT2D eigenvalue weighted by atomic mass is 19.4. The molecule has 3 aromatic rings. The molecule has 1 aromatic carbocycles. The van der Waals surface area contributed by atoms with E-state index >= 15 is 0 Å². The van der Waals surface area contributed by atoms with E-state index in [1.165, 1.54) is 0 Å². The van der Waals surface area contributed by atoms with Gasteiger partial charge in [0.1, 0.15) is 12.2 Å². The summed E-state index contributed by atoms with van der Waals surface area (Å²) in [5, 5.41) is 14.6. The molecule has 0 atom stereocenters. The number of halogens is 3. The van der Waals surface area contributed by atoms with E-state index in [9.17, 15) is 13.2 Å². The number of hydrogen-bond acceptors (Lipinski definition) is 6. The molecule has 30 heavy (non-hydrogen) atoms. The van der Waals surface area contributed by atoms with Crippen molar-refractivity contribution < 1.29 is 17.6 Å². The fraction of sp³-hybridized carbons (Fsp3) is 0.476. The third-order valence-electron chi connectivity index (χ3n) is 4.97. The number of anilines is 2. The summed E-state index contributed by atoms with van der Waals surface area (Å²) in [5.41, 5.74) is 3.04. The number of nitrogens with zero attached hydrogens (tertiary/aromatic N) is 3. The second-order valence-electron chi connectivity index (χ2n) is 8.79. The molecule has 0 spiro atoms. The molecule has 2 aromatic heterocycles. The van der Waals surface area contributed by atoms with E-state index in [0.717, 1.165) is 29.4 Å². The number of pyridine rings is 1. The van der Waals surface area contributed by atoms with Gasteiger partial charge in [0, 0.05) is 17.1 Å². The van der Waals surface area contributed by atoms with Crippen LogP contribution >= 0.6 is 0 Å². The van der Waals surface area contributed by atoms with Gasteiger partial charge in [-0.25, -0.2) is 4.98 Å². The third-order valence-corrected chi connectivity index (χ3v) is 4.97. The average molecular weight is 419 g/mol. The summed E-state index contributed by atoms with van der Waals surface area (Å²) in [4.78, 5) is 4.76. The minimum absolute atomic E-state index is 0.308. The highest BCUT2D eigenvalue weighted by molar-refractivity contribution is 5.90. The Labute approximate surface area is 172 Å². The average Bonchev–Trinajstić information content (AvgIpc) is 3.32. The van der Waals surface area contributed by atoms with Gasteiger partial charge >= 0.3 is 12.2 Å². The standard InChI is InChI=1S/C21H24F3N5O/c1-11-7-16(18-28-29-19(30-18)26-12-5-6-12)27-17-14(11)8-13(25-10-21(22,23)24)9-15(17)20(2,3)4/h7-9,12,25H,5-6,10H2,1-4H3,(H,26,29). The quantitative estimate of drug-likeness (QED) is 0.574. The Morgan fingerprint density at radius 3 is 2.47 bits per heavy atom. The second kappa shape index (κ2) is 7.14. The van der Waals surface area contributed by atoms with E-state index in [2.05, 4.69) is 20.8 Å². The molecular weight excluding hydrogens is 395 g/mol. The fourth-order valence-corrected chi connectivity index (χ4v) is 3.26. The molecule has 1 aliphatic rings. The van der Waals surface area contributed by atoms with Crippen LogP contribution in [0, 0.1) is 6.92 Å². The first-order chi connectivity index (χ1) is 14.0. The van der Waals surface area contributed by atoms with Crippen LogP contribution in [0.4, 0.5) is 24.9 Å². The molecule has 9 heteroatoms. The minimum Gasteiger partial charge on any atom is -0.402 e. The van der Waals surface area contributed by atoms with Gasteiger partial charge in [-0.2, -0.15) is 13.2 Å². The lowest BCUT2D eigenvalue weighted by Crippen LogP contribution is -2.22. The maximum atomic E-state index is 12.7. The zero-order valence-electron chi connectivity index (χ0n) is 17.3. The van der Waals surface area contributed by atoms with Gasteiger partial charge in [0.15, 0.2) is 0 Å². The molecular formula is C21H24F3N5O. The van der Waals surface area contributed by atoms with Crippen LogP contribution < -0.4 is 10.6 Å². The number of rotatable bonds is 5. The largest absolute Gasteiger partial charge is 0.405 e. The van der Waals surface area contributed by atoms with E-state index < -0.39 is 12.7 Å². The van der Waals surface area contributed by atoms with Gasteiger partial charge in [-0.15, -0.1) is 5.10 Å². The number of hydrogen-bond donors (Lipinski definition) is 2. The summed E-state index contributed by atoms with van der Waals surface area (Å²) in [6.07, 6.45) is -2.12. The van der Waals surface area contributed by atoms with Crippen molar-refractivity contribution in [3.05, 3.63) is 29.3 Å². The highest BCUT2D eigenvalue weighted by Gasteiger charge is 2.28. The van der Waals surface area contributed by atoms with Crippen molar-refractivity contribution in [1.29, 1.82) is 0 Å². The molecule has 0 amide bonds. The number of benzene rings is 1. The van der Waals surface area contributed by atoms with Gasteiger partial charge in [-0.1, -0.05) is 25.9 Å². The Bertz CT molecular complexity index is 1080. The summed E-state index contributed by atoms with van der Waals surface area (Å²) in [6.45, 7) is 6.81. The van der Waals surface area contributed by atoms with Crippen LogP contribution in [0.25, 0.3) is 22.5 Å². The molecule has 0 aliphatic heterocycles. The summed E-state index contributed by atoms with van der Waals surface area (Å²) in [5.74, 6) is 0.308. The first-order valence-corrected chi connectivity index (χ1v) is 9.86. The van der Waals surface area contributed by atoms with Crippen LogP contribution in [0.2, 0.25) is 0 Å². The lowest BCUT2D eigenvalue weighted by Gasteiger charge is -2.23. The van der Waals surface area contributed by atoms with Gasteiger partial charge in [0.25, 0.3) is 5.89 Å². The molecule has 1 fully saturated rings. The van der Waals surface area contributed by atoms with Crippen molar-refractivity contribution in [3.63, 3.8) is 0 Å². The number of aromatic nitrogens is 3. The molecule has 1 aliphatic carbocycles. The topological polar surface area (TPSA) is 75.9 Å². The van der Waals surface area contributed by atoms with Crippen molar-refractivity contribution in [2.45, 2.75) is 58.2 Å². The molecule has 160 valence electrons. The zero-order valence-corrected chi connectivity index (χ0v) is 17.3. The molecule has 0 saturated heterocycles. The van der Waals surface area contributed by atoms with E-state index in [1.54, 1.807) is 12.1 Å². The molecule has 6 nitrogen and oxygen atoms in total. The van der Waals surface area contributed by atoms with Crippen LogP contribution in [-0.4, -0.2) is 33.9 Å². The smallest absolute Gasteiger partial charge is 0.402 e. The van der Waals surface area contributed by atoms with Gasteiger partial charge in [-0.05, 0) is 54.5 Å². The van der Waals surface area contributed by atoms with Crippen molar-refractivity contribution in [3.8, 4) is 11.6 Å². The number of nitrogens with one attached hydrogen (secondary N) is 2. The lowest BCUT2D eigenvalue weighted by molar-refractivity contribution is -0.115. The Balaban J connectivity index is 1.77. The van der Waals surface area contributed by atoms with Crippen molar-refractivity contribution in [2.75, 3.05) is 17.2 Å².